The Morgan fingerprint density at radius 2 is 2.24 bits per heavy atom. The predicted octanol–water partition coefficient (Wildman–Crippen LogP) is -0.406. The Balaban J connectivity index is 2.31. The number of rotatable bonds is 1. The van der Waals surface area contributed by atoms with E-state index in [9.17, 15) is 14.7 Å². The number of amides is 1. The number of aromatic amines is 1. The molecule has 0 aromatic carbocycles. The quantitative estimate of drug-likeness (QED) is 0.695. The molecule has 1 amide bonds. The van der Waals surface area contributed by atoms with E-state index in [0.29, 0.717) is 24.4 Å². The molecular formula is C11H15N3O3. The molecule has 0 bridgehead atoms. The molecule has 1 fully saturated rings. The highest BCUT2D eigenvalue weighted by molar-refractivity contribution is 5.92. The molecule has 0 unspecified atom stereocenters. The average Bonchev–Trinajstić information content (AvgIpc) is 2.69. The summed E-state index contributed by atoms with van der Waals surface area (Å²) in [5, 5.41) is 9.36. The van der Waals surface area contributed by atoms with Crippen LogP contribution in [0, 0.1) is 13.8 Å². The van der Waals surface area contributed by atoms with Gasteiger partial charge >= 0.3 is 0 Å². The Morgan fingerprint density at radius 1 is 1.53 bits per heavy atom. The molecule has 1 atom stereocenters. The number of hydrogen-bond acceptors (Lipinski definition) is 4. The van der Waals surface area contributed by atoms with Crippen molar-refractivity contribution in [1.29, 1.82) is 0 Å². The predicted molar refractivity (Wildman–Crippen MR) is 60.9 cm³/mol. The highest BCUT2D eigenvalue weighted by Gasteiger charge is 2.28. The lowest BCUT2D eigenvalue weighted by Crippen LogP contribution is -2.35. The van der Waals surface area contributed by atoms with Crippen molar-refractivity contribution in [2.45, 2.75) is 26.4 Å². The van der Waals surface area contributed by atoms with Crippen LogP contribution < -0.4 is 5.56 Å². The Morgan fingerprint density at radius 3 is 2.82 bits per heavy atom. The van der Waals surface area contributed by atoms with Crippen molar-refractivity contribution in [2.75, 3.05) is 13.1 Å². The first kappa shape index (κ1) is 11.8. The fourth-order valence-corrected chi connectivity index (χ4v) is 1.84. The lowest BCUT2D eigenvalue weighted by molar-refractivity contribution is 0.0757. The number of likely N-dealkylation sites (tertiary alicyclic amines) is 1. The summed E-state index contributed by atoms with van der Waals surface area (Å²) in [6.07, 6.45) is 0.0543. The molecule has 0 saturated carbocycles. The zero-order valence-corrected chi connectivity index (χ0v) is 9.86. The Hall–Kier alpha value is -1.69. The fraction of sp³-hybridized carbons (Fsp3) is 0.545. The van der Waals surface area contributed by atoms with E-state index >= 15 is 0 Å². The molecule has 2 heterocycles. The van der Waals surface area contributed by atoms with Crippen LogP contribution in [0.4, 0.5) is 0 Å². The van der Waals surface area contributed by atoms with E-state index in [-0.39, 0.29) is 12.2 Å². The minimum absolute atomic E-state index is 0.0952. The second-order valence-electron chi connectivity index (χ2n) is 4.32. The van der Waals surface area contributed by atoms with Gasteiger partial charge in [-0.25, -0.2) is 4.98 Å². The lowest BCUT2D eigenvalue weighted by Gasteiger charge is -2.14. The highest BCUT2D eigenvalue weighted by atomic mass is 16.3. The van der Waals surface area contributed by atoms with Gasteiger partial charge in [-0.1, -0.05) is 0 Å². The van der Waals surface area contributed by atoms with Crippen molar-refractivity contribution in [2.24, 2.45) is 0 Å². The summed E-state index contributed by atoms with van der Waals surface area (Å²) in [6.45, 7) is 4.21. The van der Waals surface area contributed by atoms with Gasteiger partial charge in [0, 0.05) is 18.8 Å². The third-order valence-electron chi connectivity index (χ3n) is 2.99. The van der Waals surface area contributed by atoms with Gasteiger partial charge in [-0.05, 0) is 20.3 Å². The number of H-pyrrole nitrogens is 1. The number of aliphatic hydroxyl groups excluding tert-OH is 1. The first-order chi connectivity index (χ1) is 7.99. The largest absolute Gasteiger partial charge is 0.391 e. The standard InChI is InChI=1S/C11H15N3O3/c1-6-7(2)13-10(16)9(12-6)11(17)14-4-3-8(15)5-14/h8,15H,3-5H2,1-2H3,(H,13,16)/t8-/m1/s1. The Labute approximate surface area is 98.3 Å². The van der Waals surface area contributed by atoms with Gasteiger partial charge in [-0.2, -0.15) is 0 Å². The van der Waals surface area contributed by atoms with E-state index in [2.05, 4.69) is 9.97 Å². The molecule has 1 aromatic rings. The van der Waals surface area contributed by atoms with Crippen LogP contribution in [0.3, 0.4) is 0 Å². The van der Waals surface area contributed by atoms with Gasteiger partial charge in [0.05, 0.1) is 11.8 Å². The number of nitrogens with one attached hydrogen (secondary N) is 1. The van der Waals surface area contributed by atoms with Gasteiger partial charge in [0.1, 0.15) is 0 Å². The van der Waals surface area contributed by atoms with E-state index in [1.807, 2.05) is 0 Å². The first-order valence-electron chi connectivity index (χ1n) is 5.54. The van der Waals surface area contributed by atoms with Gasteiger partial charge in [-0.3, -0.25) is 9.59 Å². The van der Waals surface area contributed by atoms with Crippen LogP contribution in [0.2, 0.25) is 0 Å². The zero-order valence-electron chi connectivity index (χ0n) is 9.86. The van der Waals surface area contributed by atoms with Crippen molar-refractivity contribution in [3.63, 3.8) is 0 Å². The third kappa shape index (κ3) is 2.21. The van der Waals surface area contributed by atoms with E-state index in [1.165, 1.54) is 4.90 Å². The Kier molecular flexibility index (Phi) is 2.97. The third-order valence-corrected chi connectivity index (χ3v) is 2.99. The number of carbonyl (C=O) groups excluding carboxylic acids is 1. The molecule has 2 rings (SSSR count). The van der Waals surface area contributed by atoms with Crippen LogP contribution in [0.25, 0.3) is 0 Å². The summed E-state index contributed by atoms with van der Waals surface area (Å²) >= 11 is 0. The number of aromatic nitrogens is 2. The second-order valence-corrected chi connectivity index (χ2v) is 4.32. The molecular weight excluding hydrogens is 222 g/mol. The summed E-state index contributed by atoms with van der Waals surface area (Å²) in [5.74, 6) is -0.411. The van der Waals surface area contributed by atoms with Crippen LogP contribution in [-0.4, -0.2) is 45.1 Å². The van der Waals surface area contributed by atoms with Crippen LogP contribution >= 0.6 is 0 Å². The summed E-state index contributed by atoms with van der Waals surface area (Å²) in [5.41, 5.74) is 0.724. The minimum atomic E-state index is -0.496. The summed E-state index contributed by atoms with van der Waals surface area (Å²) in [6, 6.07) is 0. The van der Waals surface area contributed by atoms with Gasteiger partial charge in [0.15, 0.2) is 5.69 Å². The molecule has 1 aliphatic heterocycles. The fourth-order valence-electron chi connectivity index (χ4n) is 1.84. The van der Waals surface area contributed by atoms with Crippen LogP contribution in [0.5, 0.6) is 0 Å². The molecule has 2 N–H and O–H groups in total. The number of aryl methyl sites for hydroxylation is 2. The van der Waals surface area contributed by atoms with Gasteiger partial charge in [0.2, 0.25) is 0 Å². The molecule has 0 spiro atoms. The van der Waals surface area contributed by atoms with E-state index < -0.39 is 17.6 Å². The minimum Gasteiger partial charge on any atom is -0.391 e. The molecule has 17 heavy (non-hydrogen) atoms. The maximum Gasteiger partial charge on any atom is 0.279 e. The van der Waals surface area contributed by atoms with E-state index in [0.717, 1.165) is 0 Å². The molecule has 92 valence electrons. The van der Waals surface area contributed by atoms with Gasteiger partial charge < -0.3 is 15.0 Å². The van der Waals surface area contributed by atoms with E-state index in [4.69, 9.17) is 0 Å². The maximum atomic E-state index is 12.0. The normalized spacial score (nSPS) is 19.7. The van der Waals surface area contributed by atoms with Gasteiger partial charge in [0.25, 0.3) is 11.5 Å². The molecule has 6 heteroatoms. The Bertz CT molecular complexity index is 509. The monoisotopic (exact) mass is 237 g/mol. The summed E-state index contributed by atoms with van der Waals surface area (Å²) in [4.78, 5) is 31.7. The van der Waals surface area contributed by atoms with Gasteiger partial charge in [-0.15, -0.1) is 0 Å². The van der Waals surface area contributed by atoms with E-state index in [1.54, 1.807) is 13.8 Å². The number of hydrogen-bond donors (Lipinski definition) is 2. The molecule has 1 aliphatic rings. The molecule has 0 aliphatic carbocycles. The van der Waals surface area contributed by atoms with Crippen molar-refractivity contribution in [1.82, 2.24) is 14.9 Å². The highest BCUT2D eigenvalue weighted by Crippen LogP contribution is 2.11. The summed E-state index contributed by atoms with van der Waals surface area (Å²) in [7, 11) is 0. The maximum absolute atomic E-state index is 12.0. The molecule has 0 radical (unpaired) electrons. The van der Waals surface area contributed by atoms with Crippen LogP contribution in [0.1, 0.15) is 28.3 Å². The smallest absolute Gasteiger partial charge is 0.279 e. The first-order valence-corrected chi connectivity index (χ1v) is 5.54. The van der Waals surface area contributed by atoms with Crippen molar-refractivity contribution in [3.8, 4) is 0 Å². The van der Waals surface area contributed by atoms with Crippen molar-refractivity contribution in [3.05, 3.63) is 27.4 Å². The number of aliphatic hydroxyl groups is 1. The van der Waals surface area contributed by atoms with Crippen molar-refractivity contribution >= 4 is 5.91 Å². The van der Waals surface area contributed by atoms with Crippen LogP contribution in [-0.2, 0) is 0 Å². The topological polar surface area (TPSA) is 86.3 Å². The average molecular weight is 237 g/mol. The van der Waals surface area contributed by atoms with Crippen LogP contribution in [0.15, 0.2) is 4.79 Å². The van der Waals surface area contributed by atoms with Crippen molar-refractivity contribution < 1.29 is 9.90 Å². The second kappa shape index (κ2) is 4.29. The lowest BCUT2D eigenvalue weighted by atomic mass is 10.3. The number of carbonyl (C=O) groups is 1. The SMILES string of the molecule is Cc1nc(C(=O)N2CC[C@@H](O)C2)c(=O)[nH]c1C. The molecule has 6 nitrogen and oxygen atoms in total. The summed E-state index contributed by atoms with van der Waals surface area (Å²) < 4.78 is 0. The number of β-amino-alcohol motifs (C(OH)–C–C–N with tert-alkyl or cyclic N) is 1. The number of nitrogens with zero attached hydrogens (tertiary/aromatic N) is 2. The molecule has 1 saturated heterocycles. The molecule has 1 aromatic heterocycles. The zero-order chi connectivity index (χ0) is 12.6.